The van der Waals surface area contributed by atoms with E-state index in [9.17, 15) is 4.79 Å². The summed E-state index contributed by atoms with van der Waals surface area (Å²) < 4.78 is 4.65. The van der Waals surface area contributed by atoms with E-state index in [1.807, 2.05) is 6.07 Å². The second-order valence-corrected chi connectivity index (χ2v) is 5.17. The van der Waals surface area contributed by atoms with Gasteiger partial charge in [0.1, 0.15) is 4.88 Å². The summed E-state index contributed by atoms with van der Waals surface area (Å²) in [6.45, 7) is 4.23. The van der Waals surface area contributed by atoms with Gasteiger partial charge in [-0.15, -0.1) is 0 Å². The Hall–Kier alpha value is -1.88. The van der Waals surface area contributed by atoms with Crippen molar-refractivity contribution < 1.29 is 9.53 Å². The SMILES string of the molecule is CCc1ccc(Nc2ncc(C(=O)OC)s2)cc1C. The Kier molecular flexibility index (Phi) is 4.16. The lowest BCUT2D eigenvalue weighted by Crippen LogP contribution is -1.96. The molecule has 0 bridgehead atoms. The van der Waals surface area contributed by atoms with E-state index in [-0.39, 0.29) is 5.97 Å². The minimum atomic E-state index is -0.358. The molecule has 0 amide bonds. The lowest BCUT2D eigenvalue weighted by Gasteiger charge is -2.07. The zero-order valence-corrected chi connectivity index (χ0v) is 12.0. The first-order chi connectivity index (χ1) is 9.13. The van der Waals surface area contributed by atoms with Crippen LogP contribution in [0.5, 0.6) is 0 Å². The Balaban J connectivity index is 2.15. The molecule has 0 atom stereocenters. The smallest absolute Gasteiger partial charge is 0.349 e. The van der Waals surface area contributed by atoms with Crippen LogP contribution in [-0.4, -0.2) is 18.1 Å². The van der Waals surface area contributed by atoms with Crippen LogP contribution in [0, 0.1) is 6.92 Å². The number of nitrogens with zero attached hydrogens (tertiary/aromatic N) is 1. The first-order valence-electron chi connectivity index (χ1n) is 6.04. The standard InChI is InChI=1S/C14H16N2O2S/c1-4-10-5-6-11(7-9(10)2)16-14-15-8-12(19-14)13(17)18-3/h5-8H,4H2,1-3H3,(H,15,16). The fourth-order valence-corrected chi connectivity index (χ4v) is 2.58. The van der Waals surface area contributed by atoms with Crippen molar-refractivity contribution in [2.45, 2.75) is 20.3 Å². The van der Waals surface area contributed by atoms with Gasteiger partial charge in [-0.05, 0) is 36.6 Å². The Bertz CT molecular complexity index is 593. The number of benzene rings is 1. The van der Waals surface area contributed by atoms with Crippen molar-refractivity contribution in [3.05, 3.63) is 40.4 Å². The van der Waals surface area contributed by atoms with Gasteiger partial charge < -0.3 is 10.1 Å². The predicted octanol–water partition coefficient (Wildman–Crippen LogP) is 3.54. The number of esters is 1. The number of hydrogen-bond donors (Lipinski definition) is 1. The highest BCUT2D eigenvalue weighted by molar-refractivity contribution is 7.17. The number of nitrogens with one attached hydrogen (secondary N) is 1. The number of aromatic nitrogens is 1. The van der Waals surface area contributed by atoms with Gasteiger partial charge in [0.25, 0.3) is 0 Å². The molecule has 0 aliphatic heterocycles. The predicted molar refractivity (Wildman–Crippen MR) is 77.3 cm³/mol. The molecule has 1 N–H and O–H groups in total. The van der Waals surface area contributed by atoms with Gasteiger partial charge in [-0.25, -0.2) is 9.78 Å². The van der Waals surface area contributed by atoms with Gasteiger partial charge in [0.2, 0.25) is 0 Å². The van der Waals surface area contributed by atoms with Crippen LogP contribution in [0.3, 0.4) is 0 Å². The lowest BCUT2D eigenvalue weighted by molar-refractivity contribution is 0.0606. The number of carbonyl (C=O) groups is 1. The van der Waals surface area contributed by atoms with E-state index in [0.717, 1.165) is 12.1 Å². The van der Waals surface area contributed by atoms with Gasteiger partial charge in [0.05, 0.1) is 13.3 Å². The highest BCUT2D eigenvalue weighted by Crippen LogP contribution is 2.24. The third-order valence-corrected chi connectivity index (χ3v) is 3.76. The fraction of sp³-hybridized carbons (Fsp3) is 0.286. The average Bonchev–Trinajstić information content (AvgIpc) is 2.86. The summed E-state index contributed by atoms with van der Waals surface area (Å²) >= 11 is 1.28. The average molecular weight is 276 g/mol. The van der Waals surface area contributed by atoms with Crippen molar-refractivity contribution >= 4 is 28.1 Å². The Morgan fingerprint density at radius 2 is 2.26 bits per heavy atom. The van der Waals surface area contributed by atoms with Gasteiger partial charge in [-0.3, -0.25) is 0 Å². The maximum absolute atomic E-state index is 11.3. The second-order valence-electron chi connectivity index (χ2n) is 4.14. The van der Waals surface area contributed by atoms with Crippen molar-refractivity contribution in [2.24, 2.45) is 0 Å². The van der Waals surface area contributed by atoms with E-state index in [4.69, 9.17) is 0 Å². The van der Waals surface area contributed by atoms with Crippen LogP contribution < -0.4 is 5.32 Å². The van der Waals surface area contributed by atoms with E-state index >= 15 is 0 Å². The minimum Gasteiger partial charge on any atom is -0.465 e. The molecule has 2 rings (SSSR count). The lowest BCUT2D eigenvalue weighted by atomic mass is 10.1. The number of aryl methyl sites for hydroxylation is 2. The molecule has 0 aliphatic rings. The zero-order valence-electron chi connectivity index (χ0n) is 11.2. The molecule has 0 saturated heterocycles. The Labute approximate surface area is 116 Å². The summed E-state index contributed by atoms with van der Waals surface area (Å²) in [7, 11) is 1.36. The summed E-state index contributed by atoms with van der Waals surface area (Å²) in [4.78, 5) is 16.0. The van der Waals surface area contributed by atoms with Gasteiger partial charge in [-0.2, -0.15) is 0 Å². The molecule has 19 heavy (non-hydrogen) atoms. The molecule has 1 aromatic heterocycles. The molecule has 2 aromatic rings. The summed E-state index contributed by atoms with van der Waals surface area (Å²) in [6.07, 6.45) is 2.54. The molecule has 0 unspecified atom stereocenters. The summed E-state index contributed by atoms with van der Waals surface area (Å²) in [6, 6.07) is 6.20. The highest BCUT2D eigenvalue weighted by Gasteiger charge is 2.10. The van der Waals surface area contributed by atoms with Crippen LogP contribution in [0.1, 0.15) is 27.7 Å². The first-order valence-corrected chi connectivity index (χ1v) is 6.86. The molecule has 5 heteroatoms. The third kappa shape index (κ3) is 3.12. The fourth-order valence-electron chi connectivity index (χ4n) is 1.82. The maximum Gasteiger partial charge on any atom is 0.349 e. The van der Waals surface area contributed by atoms with Crippen molar-refractivity contribution in [1.29, 1.82) is 0 Å². The monoisotopic (exact) mass is 276 g/mol. The van der Waals surface area contributed by atoms with Crippen molar-refractivity contribution in [2.75, 3.05) is 12.4 Å². The van der Waals surface area contributed by atoms with Crippen LogP contribution >= 0.6 is 11.3 Å². The topological polar surface area (TPSA) is 51.2 Å². The minimum absolute atomic E-state index is 0.358. The molecule has 0 fully saturated rings. The van der Waals surface area contributed by atoms with Crippen LogP contribution in [0.25, 0.3) is 0 Å². The molecular weight excluding hydrogens is 260 g/mol. The number of methoxy groups -OCH3 is 1. The normalized spacial score (nSPS) is 10.3. The third-order valence-electron chi connectivity index (χ3n) is 2.87. The Morgan fingerprint density at radius 1 is 1.47 bits per heavy atom. The van der Waals surface area contributed by atoms with Crippen molar-refractivity contribution in [3.8, 4) is 0 Å². The molecule has 100 valence electrons. The molecule has 1 aromatic carbocycles. The molecule has 0 spiro atoms. The van der Waals surface area contributed by atoms with E-state index in [0.29, 0.717) is 10.0 Å². The van der Waals surface area contributed by atoms with Gasteiger partial charge >= 0.3 is 5.97 Å². The Morgan fingerprint density at radius 3 is 2.89 bits per heavy atom. The number of anilines is 2. The molecule has 4 nitrogen and oxygen atoms in total. The summed E-state index contributed by atoms with van der Waals surface area (Å²) in [5, 5.41) is 3.88. The van der Waals surface area contributed by atoms with E-state index in [1.165, 1.54) is 35.8 Å². The highest BCUT2D eigenvalue weighted by atomic mass is 32.1. The van der Waals surface area contributed by atoms with Crippen LogP contribution in [0.15, 0.2) is 24.4 Å². The number of rotatable bonds is 4. The number of hydrogen-bond acceptors (Lipinski definition) is 5. The number of ether oxygens (including phenoxy) is 1. The number of carbonyl (C=O) groups excluding carboxylic acids is 1. The van der Waals surface area contributed by atoms with Crippen molar-refractivity contribution in [3.63, 3.8) is 0 Å². The van der Waals surface area contributed by atoms with Gasteiger partial charge in [-0.1, -0.05) is 24.3 Å². The molecule has 0 aliphatic carbocycles. The molecule has 1 heterocycles. The quantitative estimate of drug-likeness (QED) is 0.868. The molecule has 0 saturated carbocycles. The van der Waals surface area contributed by atoms with Crippen molar-refractivity contribution in [1.82, 2.24) is 4.98 Å². The largest absolute Gasteiger partial charge is 0.465 e. The zero-order chi connectivity index (χ0) is 13.8. The van der Waals surface area contributed by atoms with Gasteiger partial charge in [0.15, 0.2) is 5.13 Å². The maximum atomic E-state index is 11.3. The van der Waals surface area contributed by atoms with Crippen LogP contribution in [0.4, 0.5) is 10.8 Å². The van der Waals surface area contributed by atoms with E-state index in [1.54, 1.807) is 0 Å². The number of thiazole rings is 1. The van der Waals surface area contributed by atoms with E-state index in [2.05, 4.69) is 41.0 Å². The second kappa shape index (κ2) is 5.84. The molecule has 0 radical (unpaired) electrons. The van der Waals surface area contributed by atoms with E-state index < -0.39 is 0 Å². The molecular formula is C14H16N2O2S. The summed E-state index contributed by atoms with van der Waals surface area (Å²) in [5.74, 6) is -0.358. The van der Waals surface area contributed by atoms with Gasteiger partial charge in [0, 0.05) is 5.69 Å². The summed E-state index contributed by atoms with van der Waals surface area (Å²) in [5.41, 5.74) is 3.55. The first kappa shape index (κ1) is 13.5. The van der Waals surface area contributed by atoms with Crippen LogP contribution in [-0.2, 0) is 11.2 Å². The van der Waals surface area contributed by atoms with Crippen LogP contribution in [0.2, 0.25) is 0 Å².